The van der Waals surface area contributed by atoms with Crippen LogP contribution in [-0.2, 0) is 65.4 Å². The first-order valence-corrected chi connectivity index (χ1v) is 49.6. The van der Waals surface area contributed by atoms with Gasteiger partial charge in [0, 0.05) is 25.7 Å². The number of unbranched alkanes of at least 4 members (excludes halogenated alkanes) is 62. The Morgan fingerprint density at radius 2 is 0.422 bits per heavy atom. The number of carbonyl (C=O) groups is 4. The van der Waals surface area contributed by atoms with Crippen LogP contribution in [-0.4, -0.2) is 96.7 Å². The molecule has 2 unspecified atom stereocenters. The second-order valence-corrected chi connectivity index (χ2v) is 35.7. The highest BCUT2D eigenvalue weighted by atomic mass is 31.2. The topological polar surface area (TPSA) is 237 Å². The molecule has 0 saturated carbocycles. The van der Waals surface area contributed by atoms with Crippen molar-refractivity contribution in [1.29, 1.82) is 0 Å². The van der Waals surface area contributed by atoms with Gasteiger partial charge >= 0.3 is 39.5 Å². The summed E-state index contributed by atoms with van der Waals surface area (Å²) in [4.78, 5) is 73.4. The van der Waals surface area contributed by atoms with Crippen LogP contribution in [0.5, 0.6) is 0 Å². The normalized spacial score (nSPS) is 13.7. The van der Waals surface area contributed by atoms with Gasteiger partial charge in [-0.1, -0.05) is 439 Å². The molecule has 19 heteroatoms. The number of aliphatic hydroxyl groups is 1. The summed E-state index contributed by atoms with van der Waals surface area (Å²) in [7, 11) is -9.93. The number of phosphoric ester groups is 2. The Bertz CT molecular complexity index is 2070. The molecule has 0 saturated heterocycles. The summed E-state index contributed by atoms with van der Waals surface area (Å²) in [5.74, 6) is -1.35. The van der Waals surface area contributed by atoms with E-state index in [2.05, 4.69) is 34.6 Å². The van der Waals surface area contributed by atoms with Gasteiger partial charge in [0.15, 0.2) is 12.2 Å². The maximum atomic E-state index is 13.2. The molecule has 0 aromatic carbocycles. The molecule has 0 radical (unpaired) electrons. The van der Waals surface area contributed by atoms with Crippen LogP contribution in [0.2, 0.25) is 0 Å². The van der Waals surface area contributed by atoms with E-state index in [0.29, 0.717) is 25.7 Å². The zero-order chi connectivity index (χ0) is 79.7. The molecule has 0 bridgehead atoms. The first kappa shape index (κ1) is 107. The summed E-state index contributed by atoms with van der Waals surface area (Å²) in [6.45, 7) is 7.37. The minimum absolute atomic E-state index is 0.109. The summed E-state index contributed by atoms with van der Waals surface area (Å²) in [5, 5.41) is 10.7. The highest BCUT2D eigenvalue weighted by molar-refractivity contribution is 7.47. The number of ether oxygens (including phenoxy) is 4. The van der Waals surface area contributed by atoms with Gasteiger partial charge in [-0.05, 0) is 31.6 Å². The van der Waals surface area contributed by atoms with Gasteiger partial charge < -0.3 is 33.8 Å². The lowest BCUT2D eigenvalue weighted by Gasteiger charge is -2.21. The number of carbonyl (C=O) groups excluding carboxylic acids is 4. The molecule has 109 heavy (non-hydrogen) atoms. The minimum atomic E-state index is -4.97. The molecule has 0 spiro atoms. The van der Waals surface area contributed by atoms with Crippen LogP contribution in [0.4, 0.5) is 0 Å². The van der Waals surface area contributed by atoms with E-state index in [-0.39, 0.29) is 25.7 Å². The minimum Gasteiger partial charge on any atom is -0.462 e. The monoisotopic (exact) mass is 1590 g/mol. The van der Waals surface area contributed by atoms with Crippen molar-refractivity contribution in [3.63, 3.8) is 0 Å². The molecule has 648 valence electrons. The lowest BCUT2D eigenvalue weighted by atomic mass is 10.0. The number of esters is 4. The molecule has 0 heterocycles. The Balaban J connectivity index is 5.24. The fourth-order valence-corrected chi connectivity index (χ4v) is 15.8. The zero-order valence-corrected chi connectivity index (χ0v) is 73.5. The van der Waals surface area contributed by atoms with E-state index in [4.69, 9.17) is 37.0 Å². The Morgan fingerprint density at radius 3 is 0.624 bits per heavy atom. The van der Waals surface area contributed by atoms with Gasteiger partial charge in [-0.3, -0.25) is 37.3 Å². The third-order valence-electron chi connectivity index (χ3n) is 21.3. The second-order valence-electron chi connectivity index (χ2n) is 32.8. The Morgan fingerprint density at radius 1 is 0.248 bits per heavy atom. The standard InChI is InChI=1S/C90H176O17P2/c1-6-9-12-15-18-21-24-27-30-33-35-37-40-42-45-48-53-58-63-68-73-87(92)100-79-85(106-89(94)76-71-66-61-55-50-47-44-41-38-36-34-31-28-25-22-19-16-13-10-7-2)81-104-108(96,97)102-77-84(91)78-103-109(98,99)105-82-86(80-101-88(93)74-69-64-59-56-51-52-57-62-67-72-83(4)5)107-90(95)75-70-65-60-54-49-46-43-39-32-29-26-23-20-17-14-11-8-3/h83-86,91H,6-82H2,1-5H3,(H,96,97)(H,98,99)/t84-,85-,86-/m1/s1. The molecule has 0 fully saturated rings. The second kappa shape index (κ2) is 82.6. The zero-order valence-electron chi connectivity index (χ0n) is 71.7. The smallest absolute Gasteiger partial charge is 0.462 e. The first-order valence-electron chi connectivity index (χ1n) is 46.6. The van der Waals surface area contributed by atoms with Gasteiger partial charge in [0.05, 0.1) is 26.4 Å². The molecule has 0 aliphatic rings. The summed E-state index contributed by atoms with van der Waals surface area (Å²) in [5.41, 5.74) is 0. The van der Waals surface area contributed by atoms with E-state index in [1.165, 1.54) is 315 Å². The highest BCUT2D eigenvalue weighted by Crippen LogP contribution is 2.45. The van der Waals surface area contributed by atoms with Crippen molar-refractivity contribution in [1.82, 2.24) is 0 Å². The van der Waals surface area contributed by atoms with Crippen molar-refractivity contribution in [3.8, 4) is 0 Å². The molecule has 0 rings (SSSR count). The molecule has 0 aliphatic heterocycles. The predicted molar refractivity (Wildman–Crippen MR) is 451 cm³/mol. The molecular formula is C90H176O17P2. The average molecular weight is 1590 g/mol. The van der Waals surface area contributed by atoms with Crippen molar-refractivity contribution in [2.45, 2.75) is 509 Å². The van der Waals surface area contributed by atoms with Gasteiger partial charge in [-0.2, -0.15) is 0 Å². The van der Waals surface area contributed by atoms with Gasteiger partial charge in [0.1, 0.15) is 19.3 Å². The van der Waals surface area contributed by atoms with Crippen molar-refractivity contribution < 1.29 is 80.2 Å². The molecule has 0 aromatic heterocycles. The van der Waals surface area contributed by atoms with Crippen LogP contribution >= 0.6 is 15.6 Å². The molecule has 0 amide bonds. The fraction of sp³-hybridized carbons (Fsp3) is 0.956. The quantitative estimate of drug-likeness (QED) is 0.0222. The SMILES string of the molecule is CCCCCCCCCCCCCCCCCCCCCCC(=O)OC[C@H](COP(=O)(O)OC[C@@H](O)COP(=O)(O)OC[C@@H](COC(=O)CCCCCCCCCCCC(C)C)OC(=O)CCCCCCCCCCCCCCCCCCC)OC(=O)CCCCCCCCCCCCCCCCCCCCCC. The maximum Gasteiger partial charge on any atom is 0.472 e. The third kappa shape index (κ3) is 83.8. The molecular weight excluding hydrogens is 1410 g/mol. The summed E-state index contributed by atoms with van der Waals surface area (Å²) < 4.78 is 69.1. The summed E-state index contributed by atoms with van der Waals surface area (Å²) in [6.07, 6.45) is 77.9. The van der Waals surface area contributed by atoms with Crippen molar-refractivity contribution in [2.24, 2.45) is 5.92 Å². The fourth-order valence-electron chi connectivity index (χ4n) is 14.2. The average Bonchev–Trinajstić information content (AvgIpc) is 0.900. The summed E-state index contributed by atoms with van der Waals surface area (Å²) in [6, 6.07) is 0. The highest BCUT2D eigenvalue weighted by Gasteiger charge is 2.31. The van der Waals surface area contributed by atoms with Gasteiger partial charge in [0.25, 0.3) is 0 Å². The number of hydrogen-bond acceptors (Lipinski definition) is 15. The maximum absolute atomic E-state index is 13.2. The van der Waals surface area contributed by atoms with Gasteiger partial charge in [-0.25, -0.2) is 9.13 Å². The molecule has 0 aromatic rings. The van der Waals surface area contributed by atoms with Crippen LogP contribution < -0.4 is 0 Å². The number of aliphatic hydroxyl groups excluding tert-OH is 1. The Labute approximate surface area is 670 Å². The van der Waals surface area contributed by atoms with E-state index in [1.54, 1.807) is 0 Å². The Hall–Kier alpha value is -1.94. The Kier molecular flexibility index (Phi) is 81.1. The van der Waals surface area contributed by atoms with Crippen molar-refractivity contribution in [2.75, 3.05) is 39.6 Å². The first-order chi connectivity index (χ1) is 53.0. The van der Waals surface area contributed by atoms with Crippen molar-refractivity contribution in [3.05, 3.63) is 0 Å². The number of phosphoric acid groups is 2. The van der Waals surface area contributed by atoms with Gasteiger partial charge in [-0.15, -0.1) is 0 Å². The number of hydrogen-bond donors (Lipinski definition) is 3. The van der Waals surface area contributed by atoms with E-state index >= 15 is 0 Å². The number of rotatable bonds is 90. The van der Waals surface area contributed by atoms with E-state index in [0.717, 1.165) is 95.8 Å². The van der Waals surface area contributed by atoms with Crippen LogP contribution in [0.15, 0.2) is 0 Å². The van der Waals surface area contributed by atoms with Crippen molar-refractivity contribution >= 4 is 39.5 Å². The van der Waals surface area contributed by atoms with Crippen LogP contribution in [0.25, 0.3) is 0 Å². The molecule has 17 nitrogen and oxygen atoms in total. The van der Waals surface area contributed by atoms with E-state index in [9.17, 15) is 43.2 Å². The lowest BCUT2D eigenvalue weighted by Crippen LogP contribution is -2.30. The third-order valence-corrected chi connectivity index (χ3v) is 23.2. The van der Waals surface area contributed by atoms with Crippen LogP contribution in [0.3, 0.4) is 0 Å². The van der Waals surface area contributed by atoms with Crippen LogP contribution in [0, 0.1) is 5.92 Å². The lowest BCUT2D eigenvalue weighted by molar-refractivity contribution is -0.161. The van der Waals surface area contributed by atoms with E-state index in [1.807, 2.05) is 0 Å². The van der Waals surface area contributed by atoms with Crippen LogP contribution in [0.1, 0.15) is 490 Å². The molecule has 0 aliphatic carbocycles. The predicted octanol–water partition coefficient (Wildman–Crippen LogP) is 27.9. The largest absolute Gasteiger partial charge is 0.472 e. The van der Waals surface area contributed by atoms with Gasteiger partial charge in [0.2, 0.25) is 0 Å². The molecule has 3 N–H and O–H groups in total. The summed E-state index contributed by atoms with van der Waals surface area (Å²) >= 11 is 0. The van der Waals surface area contributed by atoms with E-state index < -0.39 is 97.5 Å². The molecule has 5 atom stereocenters.